The lowest BCUT2D eigenvalue weighted by Crippen LogP contribution is -2.41. The summed E-state index contributed by atoms with van der Waals surface area (Å²) in [5.41, 5.74) is -0.696. The van der Waals surface area contributed by atoms with Crippen LogP contribution in [0.25, 0.3) is 6.08 Å². The third-order valence-electron chi connectivity index (χ3n) is 3.47. The molecule has 0 spiro atoms. The van der Waals surface area contributed by atoms with Gasteiger partial charge in [-0.15, -0.1) is 0 Å². The summed E-state index contributed by atoms with van der Waals surface area (Å²) in [6, 6.07) is 1.87. The molecule has 6 heteroatoms. The van der Waals surface area contributed by atoms with Crippen LogP contribution in [-0.2, 0) is 9.31 Å². The number of hydrogen-bond acceptors (Lipinski definition) is 3. The molecule has 0 N–H and O–H groups in total. The smallest absolute Gasteiger partial charge is 0.400 e. The van der Waals surface area contributed by atoms with Gasteiger partial charge in [-0.3, -0.25) is 0 Å². The summed E-state index contributed by atoms with van der Waals surface area (Å²) in [4.78, 5) is 3.56. The molecule has 2 rings (SSSR count). The lowest BCUT2D eigenvalue weighted by molar-refractivity contribution is 0.00578. The zero-order valence-electron chi connectivity index (χ0n) is 11.4. The molecule has 1 fully saturated rings. The Morgan fingerprint density at radius 3 is 2.21 bits per heavy atom. The maximum absolute atomic E-state index is 13.0. The van der Waals surface area contributed by atoms with E-state index in [0.717, 1.165) is 12.1 Å². The topological polar surface area (TPSA) is 31.4 Å². The van der Waals surface area contributed by atoms with Crippen LogP contribution < -0.4 is 0 Å². The van der Waals surface area contributed by atoms with Crippen LogP contribution in [0.4, 0.5) is 8.78 Å². The third kappa shape index (κ3) is 3.01. The van der Waals surface area contributed by atoms with E-state index in [-0.39, 0.29) is 5.69 Å². The van der Waals surface area contributed by atoms with Crippen molar-refractivity contribution in [1.29, 1.82) is 0 Å². The van der Waals surface area contributed by atoms with Gasteiger partial charge in [0.25, 0.3) is 0 Å². The molecular formula is C13H16BF2NO2. The molecule has 0 bridgehead atoms. The molecule has 102 valence electrons. The van der Waals surface area contributed by atoms with Crippen molar-refractivity contribution in [1.82, 2.24) is 4.98 Å². The SMILES string of the molecule is CC1(C)OB(/C=C/c2cc(F)cc(F)n2)OC1(C)C. The Balaban J connectivity index is 2.12. The van der Waals surface area contributed by atoms with Crippen molar-refractivity contribution in [3.8, 4) is 0 Å². The highest BCUT2D eigenvalue weighted by Gasteiger charge is 2.49. The first-order valence-electron chi connectivity index (χ1n) is 6.06. The van der Waals surface area contributed by atoms with Gasteiger partial charge in [-0.2, -0.15) is 4.39 Å². The molecular weight excluding hydrogens is 251 g/mol. The van der Waals surface area contributed by atoms with Crippen molar-refractivity contribution >= 4 is 13.2 Å². The maximum atomic E-state index is 13.0. The minimum Gasteiger partial charge on any atom is -0.400 e. The minimum atomic E-state index is -0.853. The van der Waals surface area contributed by atoms with Crippen LogP contribution in [-0.4, -0.2) is 23.3 Å². The lowest BCUT2D eigenvalue weighted by Gasteiger charge is -2.32. The average molecular weight is 267 g/mol. The summed E-state index contributed by atoms with van der Waals surface area (Å²) in [7, 11) is -0.557. The van der Waals surface area contributed by atoms with Crippen LogP contribution in [0.2, 0.25) is 0 Å². The monoisotopic (exact) mass is 267 g/mol. The molecule has 0 unspecified atom stereocenters. The Morgan fingerprint density at radius 1 is 1.11 bits per heavy atom. The zero-order chi connectivity index (χ0) is 14.3. The second-order valence-electron chi connectivity index (χ2n) is 5.52. The molecule has 0 atom stereocenters. The zero-order valence-corrected chi connectivity index (χ0v) is 11.4. The van der Waals surface area contributed by atoms with E-state index in [9.17, 15) is 8.78 Å². The summed E-state index contributed by atoms with van der Waals surface area (Å²) in [5.74, 6) is 0.0761. The van der Waals surface area contributed by atoms with Crippen molar-refractivity contribution < 1.29 is 18.1 Å². The van der Waals surface area contributed by atoms with Gasteiger partial charge >= 0.3 is 7.12 Å². The largest absolute Gasteiger partial charge is 0.487 e. The quantitative estimate of drug-likeness (QED) is 0.609. The van der Waals surface area contributed by atoms with Crippen molar-refractivity contribution in [3.63, 3.8) is 0 Å². The van der Waals surface area contributed by atoms with Crippen molar-refractivity contribution in [2.24, 2.45) is 0 Å². The van der Waals surface area contributed by atoms with E-state index < -0.39 is 30.1 Å². The van der Waals surface area contributed by atoms with Crippen LogP contribution in [0.3, 0.4) is 0 Å². The van der Waals surface area contributed by atoms with Crippen LogP contribution in [0.15, 0.2) is 18.1 Å². The third-order valence-corrected chi connectivity index (χ3v) is 3.47. The van der Waals surface area contributed by atoms with Crippen LogP contribution >= 0.6 is 0 Å². The average Bonchev–Trinajstić information content (AvgIpc) is 2.43. The van der Waals surface area contributed by atoms with Crippen molar-refractivity contribution in [2.45, 2.75) is 38.9 Å². The summed E-state index contributed by atoms with van der Waals surface area (Å²) >= 11 is 0. The highest BCUT2D eigenvalue weighted by molar-refractivity contribution is 6.52. The maximum Gasteiger partial charge on any atom is 0.487 e. The highest BCUT2D eigenvalue weighted by atomic mass is 19.1. The van der Waals surface area contributed by atoms with Crippen LogP contribution in [0, 0.1) is 11.8 Å². The van der Waals surface area contributed by atoms with Gasteiger partial charge in [0, 0.05) is 6.07 Å². The summed E-state index contributed by atoms with van der Waals surface area (Å²) in [6.07, 6.45) is 1.48. The molecule has 0 aliphatic carbocycles. The molecule has 1 saturated heterocycles. The Kier molecular flexibility index (Phi) is 3.49. The van der Waals surface area contributed by atoms with Crippen LogP contribution in [0.1, 0.15) is 33.4 Å². The van der Waals surface area contributed by atoms with E-state index in [1.165, 1.54) is 6.08 Å². The van der Waals surface area contributed by atoms with E-state index >= 15 is 0 Å². The molecule has 19 heavy (non-hydrogen) atoms. The molecule has 0 radical (unpaired) electrons. The van der Waals surface area contributed by atoms with Gasteiger partial charge in [-0.05, 0) is 39.8 Å². The molecule has 0 amide bonds. The fraction of sp³-hybridized carbons (Fsp3) is 0.462. The number of aromatic nitrogens is 1. The highest BCUT2D eigenvalue weighted by Crippen LogP contribution is 2.36. The molecule has 1 aromatic rings. The second kappa shape index (κ2) is 4.69. The molecule has 1 aliphatic rings. The van der Waals surface area contributed by atoms with Crippen LogP contribution in [0.5, 0.6) is 0 Å². The lowest BCUT2D eigenvalue weighted by atomic mass is 9.89. The molecule has 1 aromatic heterocycles. The van der Waals surface area contributed by atoms with Gasteiger partial charge in [0.15, 0.2) is 0 Å². The van der Waals surface area contributed by atoms with Gasteiger partial charge in [0.1, 0.15) is 5.82 Å². The number of hydrogen-bond donors (Lipinski definition) is 0. The van der Waals surface area contributed by atoms with E-state index in [0.29, 0.717) is 0 Å². The number of nitrogens with zero attached hydrogens (tertiary/aromatic N) is 1. The molecule has 2 heterocycles. The summed E-state index contributed by atoms with van der Waals surface area (Å²) in [5, 5.41) is 0. The Hall–Kier alpha value is -1.27. The van der Waals surface area contributed by atoms with Gasteiger partial charge in [-0.25, -0.2) is 9.37 Å². The van der Waals surface area contributed by atoms with Gasteiger partial charge < -0.3 is 9.31 Å². The number of halogens is 2. The summed E-state index contributed by atoms with van der Waals surface area (Å²) < 4.78 is 37.4. The first-order valence-corrected chi connectivity index (χ1v) is 6.06. The first-order chi connectivity index (χ1) is 8.69. The van der Waals surface area contributed by atoms with E-state index in [4.69, 9.17) is 9.31 Å². The molecule has 3 nitrogen and oxygen atoms in total. The molecule has 1 aliphatic heterocycles. The van der Waals surface area contributed by atoms with Gasteiger partial charge in [-0.1, -0.05) is 5.98 Å². The van der Waals surface area contributed by atoms with Gasteiger partial charge in [0.2, 0.25) is 5.95 Å². The van der Waals surface area contributed by atoms with Gasteiger partial charge in [0.05, 0.1) is 16.9 Å². The fourth-order valence-corrected chi connectivity index (χ4v) is 1.71. The molecule has 0 aromatic carbocycles. The normalized spacial score (nSPS) is 21.3. The van der Waals surface area contributed by atoms with E-state index in [1.807, 2.05) is 27.7 Å². The Labute approximate surface area is 111 Å². The molecule has 0 saturated carbocycles. The first kappa shape index (κ1) is 14.2. The van der Waals surface area contributed by atoms with E-state index in [1.54, 1.807) is 5.98 Å². The Bertz CT molecular complexity index is 481. The van der Waals surface area contributed by atoms with Crippen molar-refractivity contribution in [2.75, 3.05) is 0 Å². The standard InChI is InChI=1S/C13H16BF2NO2/c1-12(2)13(3,4)19-14(18-12)6-5-10-7-9(15)8-11(16)17-10/h5-8H,1-4H3/b6-5+. The summed E-state index contributed by atoms with van der Waals surface area (Å²) in [6.45, 7) is 7.73. The Morgan fingerprint density at radius 2 is 1.68 bits per heavy atom. The second-order valence-corrected chi connectivity index (χ2v) is 5.52. The number of rotatable bonds is 2. The minimum absolute atomic E-state index is 0.187. The van der Waals surface area contributed by atoms with E-state index in [2.05, 4.69) is 4.98 Å². The predicted octanol–water partition coefficient (Wildman–Crippen LogP) is 3.00. The van der Waals surface area contributed by atoms with Crippen molar-refractivity contribution in [3.05, 3.63) is 35.6 Å². The predicted molar refractivity (Wildman–Crippen MR) is 69.3 cm³/mol. The number of pyridine rings is 1. The fourth-order valence-electron chi connectivity index (χ4n) is 1.71.